The molecule has 150 valence electrons. The number of aromatic nitrogens is 1. The first-order valence-corrected chi connectivity index (χ1v) is 10.3. The predicted octanol–water partition coefficient (Wildman–Crippen LogP) is 5.12. The van der Waals surface area contributed by atoms with E-state index in [1.54, 1.807) is 66.9 Å². The van der Waals surface area contributed by atoms with Crippen molar-refractivity contribution in [1.82, 2.24) is 9.88 Å². The van der Waals surface area contributed by atoms with Crippen LogP contribution in [0.1, 0.15) is 22.9 Å². The number of aliphatic hydroxyl groups excluding tert-OH is 1. The Morgan fingerprint density at radius 1 is 1.03 bits per heavy atom. The summed E-state index contributed by atoms with van der Waals surface area (Å²) >= 11 is 9.38. The fourth-order valence-electron chi connectivity index (χ4n) is 3.46. The van der Waals surface area contributed by atoms with E-state index in [4.69, 9.17) is 11.6 Å². The summed E-state index contributed by atoms with van der Waals surface area (Å²) in [6.45, 7) is 0.135. The standard InChI is InChI=1S/C23H16BrClN2O3/c24-16-8-4-15(5-9-16)21(28)19-20(14-6-10-17(25)11-7-14)27(23(30)22(19)29)13-18-3-1-2-12-26-18/h1-12,20,28H,13H2/b21-19+. The molecule has 0 aliphatic carbocycles. The molecule has 0 radical (unpaired) electrons. The van der Waals surface area contributed by atoms with Gasteiger partial charge in [-0.05, 0) is 42.0 Å². The topological polar surface area (TPSA) is 70.5 Å². The van der Waals surface area contributed by atoms with Crippen LogP contribution in [-0.4, -0.2) is 26.7 Å². The highest BCUT2D eigenvalue weighted by Gasteiger charge is 2.46. The highest BCUT2D eigenvalue weighted by atomic mass is 79.9. The molecule has 3 aromatic rings. The molecule has 30 heavy (non-hydrogen) atoms. The van der Waals surface area contributed by atoms with Gasteiger partial charge < -0.3 is 10.0 Å². The van der Waals surface area contributed by atoms with Crippen LogP contribution in [0.4, 0.5) is 0 Å². The predicted molar refractivity (Wildman–Crippen MR) is 118 cm³/mol. The number of rotatable bonds is 4. The Morgan fingerprint density at radius 3 is 2.37 bits per heavy atom. The molecule has 1 atom stereocenters. The van der Waals surface area contributed by atoms with Gasteiger partial charge in [0.2, 0.25) is 0 Å². The molecular weight excluding hydrogens is 468 g/mol. The Bertz CT molecular complexity index is 1130. The van der Waals surface area contributed by atoms with Gasteiger partial charge in [0.25, 0.3) is 11.7 Å². The molecule has 2 aromatic carbocycles. The molecule has 0 saturated carbocycles. The molecule has 1 aromatic heterocycles. The molecule has 1 saturated heterocycles. The van der Waals surface area contributed by atoms with Crippen LogP contribution in [0.5, 0.6) is 0 Å². The van der Waals surface area contributed by atoms with Gasteiger partial charge >= 0.3 is 0 Å². The summed E-state index contributed by atoms with van der Waals surface area (Å²) in [5.74, 6) is -1.63. The zero-order chi connectivity index (χ0) is 21.3. The Hall–Kier alpha value is -2.96. The lowest BCUT2D eigenvalue weighted by atomic mass is 9.95. The maximum Gasteiger partial charge on any atom is 0.296 e. The van der Waals surface area contributed by atoms with Crippen LogP contribution in [0.15, 0.2) is 83.0 Å². The molecular formula is C23H16BrClN2O3. The molecule has 5 nitrogen and oxygen atoms in total. The molecule has 4 rings (SSSR count). The number of hydrogen-bond acceptors (Lipinski definition) is 4. The first-order chi connectivity index (χ1) is 14.5. The molecule has 1 unspecified atom stereocenters. The molecule has 2 heterocycles. The van der Waals surface area contributed by atoms with Gasteiger partial charge in [-0.2, -0.15) is 0 Å². The molecule has 0 spiro atoms. The maximum atomic E-state index is 13.0. The van der Waals surface area contributed by atoms with Crippen LogP contribution in [-0.2, 0) is 16.1 Å². The Morgan fingerprint density at radius 2 is 1.73 bits per heavy atom. The van der Waals surface area contributed by atoms with Crippen LogP contribution in [0.3, 0.4) is 0 Å². The van der Waals surface area contributed by atoms with Gasteiger partial charge in [-0.25, -0.2) is 0 Å². The van der Waals surface area contributed by atoms with E-state index < -0.39 is 17.7 Å². The summed E-state index contributed by atoms with van der Waals surface area (Å²) in [5, 5.41) is 11.5. The number of amides is 1. The molecule has 7 heteroatoms. The first-order valence-electron chi connectivity index (χ1n) is 9.15. The average Bonchev–Trinajstić information content (AvgIpc) is 3.00. The average molecular weight is 484 g/mol. The van der Waals surface area contributed by atoms with Gasteiger partial charge in [-0.15, -0.1) is 0 Å². The first kappa shape index (κ1) is 20.3. The van der Waals surface area contributed by atoms with Crippen molar-refractivity contribution in [3.8, 4) is 0 Å². The number of nitrogens with zero attached hydrogens (tertiary/aromatic N) is 2. The van der Waals surface area contributed by atoms with Crippen molar-refractivity contribution in [3.05, 3.63) is 105 Å². The summed E-state index contributed by atoms with van der Waals surface area (Å²) in [5.41, 5.74) is 1.81. The van der Waals surface area contributed by atoms with Crippen molar-refractivity contribution in [2.24, 2.45) is 0 Å². The Labute approximate surface area is 186 Å². The van der Waals surface area contributed by atoms with Crippen molar-refractivity contribution < 1.29 is 14.7 Å². The van der Waals surface area contributed by atoms with E-state index in [-0.39, 0.29) is 17.9 Å². The lowest BCUT2D eigenvalue weighted by Crippen LogP contribution is -2.29. The number of carbonyl (C=O) groups excluding carboxylic acids is 2. The van der Waals surface area contributed by atoms with Crippen LogP contribution in [0, 0.1) is 0 Å². The smallest absolute Gasteiger partial charge is 0.296 e. The van der Waals surface area contributed by atoms with Crippen LogP contribution in [0.25, 0.3) is 5.76 Å². The summed E-state index contributed by atoms with van der Waals surface area (Å²) in [6, 6.07) is 18.4. The highest BCUT2D eigenvalue weighted by Crippen LogP contribution is 2.40. The van der Waals surface area contributed by atoms with Gasteiger partial charge in [0.15, 0.2) is 0 Å². The summed E-state index contributed by atoms with van der Waals surface area (Å²) < 4.78 is 0.837. The molecule has 1 aliphatic heterocycles. The number of pyridine rings is 1. The highest BCUT2D eigenvalue weighted by molar-refractivity contribution is 9.10. The fourth-order valence-corrected chi connectivity index (χ4v) is 3.85. The third-order valence-electron chi connectivity index (χ3n) is 4.90. The molecule has 1 amide bonds. The second kappa shape index (κ2) is 8.42. The van der Waals surface area contributed by atoms with Crippen LogP contribution in [0.2, 0.25) is 5.02 Å². The van der Waals surface area contributed by atoms with Crippen molar-refractivity contribution >= 4 is 45.0 Å². The van der Waals surface area contributed by atoms with E-state index >= 15 is 0 Å². The normalized spacial score (nSPS) is 18.1. The number of halogens is 2. The fraction of sp³-hybridized carbons (Fsp3) is 0.0870. The van der Waals surface area contributed by atoms with E-state index in [0.29, 0.717) is 21.8 Å². The van der Waals surface area contributed by atoms with Crippen LogP contribution >= 0.6 is 27.5 Å². The zero-order valence-corrected chi connectivity index (χ0v) is 18.0. The summed E-state index contributed by atoms with van der Waals surface area (Å²) in [6.07, 6.45) is 1.63. The molecule has 1 aliphatic rings. The number of Topliss-reactive ketones (excluding diaryl/α,β-unsaturated/α-hetero) is 1. The Kier molecular flexibility index (Phi) is 5.70. The lowest BCUT2D eigenvalue weighted by Gasteiger charge is -2.25. The third kappa shape index (κ3) is 3.88. The van der Waals surface area contributed by atoms with Gasteiger partial charge in [0, 0.05) is 21.3 Å². The minimum absolute atomic E-state index is 0.0422. The van der Waals surface area contributed by atoms with Crippen molar-refractivity contribution in [1.29, 1.82) is 0 Å². The van der Waals surface area contributed by atoms with Gasteiger partial charge in [0.05, 0.1) is 23.9 Å². The molecule has 0 bridgehead atoms. The second-order valence-electron chi connectivity index (χ2n) is 6.81. The van der Waals surface area contributed by atoms with E-state index in [2.05, 4.69) is 20.9 Å². The van der Waals surface area contributed by atoms with E-state index in [0.717, 1.165) is 4.47 Å². The number of ketones is 1. The minimum Gasteiger partial charge on any atom is -0.507 e. The summed E-state index contributed by atoms with van der Waals surface area (Å²) in [7, 11) is 0. The summed E-state index contributed by atoms with van der Waals surface area (Å²) in [4.78, 5) is 31.6. The number of aliphatic hydroxyl groups is 1. The number of likely N-dealkylation sites (tertiary alicyclic amines) is 1. The van der Waals surface area contributed by atoms with E-state index in [1.165, 1.54) is 4.90 Å². The maximum absolute atomic E-state index is 13.0. The monoisotopic (exact) mass is 482 g/mol. The molecule has 1 fully saturated rings. The third-order valence-corrected chi connectivity index (χ3v) is 5.68. The zero-order valence-electron chi connectivity index (χ0n) is 15.6. The SMILES string of the molecule is O=C1C(=O)N(Cc2ccccn2)C(c2ccc(Cl)cc2)/C1=C(\O)c1ccc(Br)cc1. The van der Waals surface area contributed by atoms with Gasteiger partial charge in [-0.3, -0.25) is 14.6 Å². The van der Waals surface area contributed by atoms with E-state index in [1.807, 2.05) is 6.07 Å². The quantitative estimate of drug-likeness (QED) is 0.318. The second-order valence-corrected chi connectivity index (χ2v) is 8.16. The lowest BCUT2D eigenvalue weighted by molar-refractivity contribution is -0.140. The van der Waals surface area contributed by atoms with Crippen molar-refractivity contribution in [3.63, 3.8) is 0 Å². The van der Waals surface area contributed by atoms with Crippen molar-refractivity contribution in [2.45, 2.75) is 12.6 Å². The Balaban J connectivity index is 1.85. The van der Waals surface area contributed by atoms with E-state index in [9.17, 15) is 14.7 Å². The van der Waals surface area contributed by atoms with Crippen LogP contribution < -0.4 is 0 Å². The van der Waals surface area contributed by atoms with Crippen molar-refractivity contribution in [2.75, 3.05) is 0 Å². The number of carbonyl (C=O) groups is 2. The minimum atomic E-state index is -0.757. The van der Waals surface area contributed by atoms with Gasteiger partial charge in [0.1, 0.15) is 5.76 Å². The molecule has 1 N–H and O–H groups in total. The van der Waals surface area contributed by atoms with Gasteiger partial charge in [-0.1, -0.05) is 57.9 Å². The number of hydrogen-bond donors (Lipinski definition) is 1. The largest absolute Gasteiger partial charge is 0.507 e. The number of benzene rings is 2.